The fourth-order valence-corrected chi connectivity index (χ4v) is 5.17. The number of carbonyl (C=O) groups is 1. The van der Waals surface area contributed by atoms with Crippen molar-refractivity contribution in [2.24, 2.45) is 0 Å². The molecule has 0 heterocycles. The number of hydrogen-bond donors (Lipinski definition) is 2. The largest absolute Gasteiger partial charge is 0.495 e. The lowest BCUT2D eigenvalue weighted by molar-refractivity contribution is -0.123. The number of hydrogen-bond acceptors (Lipinski definition) is 6. The van der Waals surface area contributed by atoms with Crippen LogP contribution in [0.1, 0.15) is 24.1 Å². The first-order chi connectivity index (χ1) is 17.2. The topological polar surface area (TPSA) is 103 Å². The monoisotopic (exact) mass is 532 g/mol. The molecule has 0 bridgehead atoms. The molecule has 0 fully saturated rings. The van der Waals surface area contributed by atoms with E-state index >= 15 is 0 Å². The molecule has 3 aromatic rings. The molecule has 2 atom stereocenters. The Morgan fingerprint density at radius 1 is 0.889 bits per heavy atom. The van der Waals surface area contributed by atoms with Gasteiger partial charge >= 0.3 is 0 Å². The molecule has 192 valence electrons. The zero-order valence-corrected chi connectivity index (χ0v) is 22.0. The van der Waals surface area contributed by atoms with Crippen molar-refractivity contribution in [3.63, 3.8) is 0 Å². The molecule has 2 unspecified atom stereocenters. The summed E-state index contributed by atoms with van der Waals surface area (Å²) in [7, 11) is 0.428. The van der Waals surface area contributed by atoms with Crippen LogP contribution in [0.2, 0.25) is 5.02 Å². The van der Waals surface area contributed by atoms with Crippen molar-refractivity contribution in [3.8, 4) is 17.2 Å². The molecule has 1 amide bonds. The molecule has 0 aromatic heterocycles. The molecule has 36 heavy (non-hydrogen) atoms. The van der Waals surface area contributed by atoms with E-state index in [1.54, 1.807) is 26.2 Å². The molecular weight excluding hydrogens is 504 g/mol. The number of amides is 1. The maximum absolute atomic E-state index is 13.3. The van der Waals surface area contributed by atoms with Crippen molar-refractivity contribution < 1.29 is 27.4 Å². The minimum absolute atomic E-state index is 0.0768. The highest BCUT2D eigenvalue weighted by Gasteiger charge is 2.28. The highest BCUT2D eigenvalue weighted by Crippen LogP contribution is 2.30. The van der Waals surface area contributed by atoms with Gasteiger partial charge in [0.05, 0.1) is 37.3 Å². The summed E-state index contributed by atoms with van der Waals surface area (Å²) in [5, 5.41) is 3.05. The van der Waals surface area contributed by atoms with Gasteiger partial charge in [0.2, 0.25) is 15.9 Å². The number of carbonyl (C=O) groups excluding carboxylic acids is 1. The van der Waals surface area contributed by atoms with Gasteiger partial charge in [0, 0.05) is 0 Å². The molecule has 3 rings (SSSR count). The number of rotatable bonds is 11. The molecule has 0 aliphatic heterocycles. The van der Waals surface area contributed by atoms with Crippen molar-refractivity contribution in [1.82, 2.24) is 10.0 Å². The predicted molar refractivity (Wildman–Crippen MR) is 138 cm³/mol. The van der Waals surface area contributed by atoms with E-state index in [1.165, 1.54) is 32.4 Å². The number of ether oxygens (including phenoxy) is 3. The first-order valence-corrected chi connectivity index (χ1v) is 13.0. The Kier molecular flexibility index (Phi) is 9.19. The minimum Gasteiger partial charge on any atom is -0.495 e. The van der Waals surface area contributed by atoms with Crippen LogP contribution in [-0.4, -0.2) is 41.7 Å². The summed E-state index contributed by atoms with van der Waals surface area (Å²) in [5.74, 6) is 0.948. The van der Waals surface area contributed by atoms with Crippen molar-refractivity contribution in [1.29, 1.82) is 0 Å². The van der Waals surface area contributed by atoms with Gasteiger partial charge in [0.1, 0.15) is 11.8 Å². The quantitative estimate of drug-likeness (QED) is 0.385. The molecule has 0 saturated heterocycles. The summed E-state index contributed by atoms with van der Waals surface area (Å²) in [6, 6.07) is 17.1. The number of nitrogens with one attached hydrogen (secondary N) is 2. The zero-order chi connectivity index (χ0) is 26.3. The van der Waals surface area contributed by atoms with E-state index in [0.717, 1.165) is 11.1 Å². The highest BCUT2D eigenvalue weighted by atomic mass is 35.5. The van der Waals surface area contributed by atoms with E-state index in [1.807, 2.05) is 36.4 Å². The predicted octanol–water partition coefficient (Wildman–Crippen LogP) is 4.13. The van der Waals surface area contributed by atoms with Crippen LogP contribution in [-0.2, 0) is 21.2 Å². The summed E-state index contributed by atoms with van der Waals surface area (Å²) in [4.78, 5) is 13.3. The molecule has 0 aliphatic rings. The second-order valence-electron chi connectivity index (χ2n) is 8.00. The average molecular weight is 533 g/mol. The van der Waals surface area contributed by atoms with Crippen LogP contribution >= 0.6 is 11.6 Å². The number of sulfonamides is 1. The number of methoxy groups -OCH3 is 3. The van der Waals surface area contributed by atoms with Crippen molar-refractivity contribution >= 4 is 27.5 Å². The Bertz CT molecular complexity index is 1300. The van der Waals surface area contributed by atoms with Gasteiger partial charge in [0.15, 0.2) is 11.5 Å². The van der Waals surface area contributed by atoms with Crippen molar-refractivity contribution in [2.45, 2.75) is 30.3 Å². The van der Waals surface area contributed by atoms with Gasteiger partial charge in [-0.3, -0.25) is 4.79 Å². The van der Waals surface area contributed by atoms with Gasteiger partial charge in [-0.05, 0) is 54.8 Å². The summed E-state index contributed by atoms with van der Waals surface area (Å²) < 4.78 is 44.6. The molecule has 3 aromatic carbocycles. The standard InChI is InChI=1S/C26H29ClN2O6S/c1-17(19-10-12-24(34-3)25(15-19)35-4)28-26(30)22(14-18-8-6-5-7-9-18)29-36(31,32)20-11-13-23(33-2)21(27)16-20/h5-13,15-17,22,29H,14H2,1-4H3,(H,28,30). The van der Waals surface area contributed by atoms with Crippen LogP contribution in [0, 0.1) is 0 Å². The molecule has 0 saturated carbocycles. The second kappa shape index (κ2) is 12.1. The third kappa shape index (κ3) is 6.69. The highest BCUT2D eigenvalue weighted by molar-refractivity contribution is 7.89. The Morgan fingerprint density at radius 3 is 2.14 bits per heavy atom. The molecule has 0 radical (unpaired) electrons. The van der Waals surface area contributed by atoms with E-state index < -0.39 is 28.0 Å². The first kappa shape index (κ1) is 27.3. The van der Waals surface area contributed by atoms with Gasteiger partial charge in [0.25, 0.3) is 0 Å². The third-order valence-electron chi connectivity index (χ3n) is 5.60. The van der Waals surface area contributed by atoms with Crippen LogP contribution in [0.25, 0.3) is 0 Å². The van der Waals surface area contributed by atoms with E-state index in [0.29, 0.717) is 17.2 Å². The normalized spacial score (nSPS) is 12.9. The van der Waals surface area contributed by atoms with Gasteiger partial charge in [-0.1, -0.05) is 48.0 Å². The summed E-state index contributed by atoms with van der Waals surface area (Å²) in [6.45, 7) is 1.80. The summed E-state index contributed by atoms with van der Waals surface area (Å²) in [6.07, 6.45) is 0.147. The lowest BCUT2D eigenvalue weighted by atomic mass is 10.0. The first-order valence-electron chi connectivity index (χ1n) is 11.1. The molecule has 0 spiro atoms. The number of benzene rings is 3. The molecule has 2 N–H and O–H groups in total. The van der Waals surface area contributed by atoms with Gasteiger partial charge in [-0.2, -0.15) is 4.72 Å². The Morgan fingerprint density at radius 2 is 1.53 bits per heavy atom. The minimum atomic E-state index is -4.08. The van der Waals surface area contributed by atoms with Gasteiger partial charge in [-0.15, -0.1) is 0 Å². The molecular formula is C26H29ClN2O6S. The fourth-order valence-electron chi connectivity index (χ4n) is 3.63. The van der Waals surface area contributed by atoms with Crippen LogP contribution in [0.4, 0.5) is 0 Å². The maximum atomic E-state index is 13.3. The van der Waals surface area contributed by atoms with Gasteiger partial charge in [-0.25, -0.2) is 8.42 Å². The van der Waals surface area contributed by atoms with Gasteiger partial charge < -0.3 is 19.5 Å². The van der Waals surface area contributed by atoms with E-state index in [2.05, 4.69) is 10.0 Å². The fraction of sp³-hybridized carbons (Fsp3) is 0.269. The molecule has 10 heteroatoms. The SMILES string of the molecule is COc1ccc(S(=O)(=O)NC(Cc2ccccc2)C(=O)NC(C)c2ccc(OC)c(OC)c2)cc1Cl. The van der Waals surface area contributed by atoms with Crippen LogP contribution in [0.15, 0.2) is 71.6 Å². The zero-order valence-electron chi connectivity index (χ0n) is 20.4. The van der Waals surface area contributed by atoms with Crippen molar-refractivity contribution in [3.05, 3.63) is 82.9 Å². The third-order valence-corrected chi connectivity index (χ3v) is 7.36. The van der Waals surface area contributed by atoms with E-state index in [-0.39, 0.29) is 16.3 Å². The van der Waals surface area contributed by atoms with Crippen LogP contribution in [0.3, 0.4) is 0 Å². The summed E-state index contributed by atoms with van der Waals surface area (Å²) in [5.41, 5.74) is 1.57. The Hall–Kier alpha value is -3.27. The lowest BCUT2D eigenvalue weighted by Gasteiger charge is -2.22. The van der Waals surface area contributed by atoms with E-state index in [9.17, 15) is 13.2 Å². The molecule has 0 aliphatic carbocycles. The smallest absolute Gasteiger partial charge is 0.241 e. The lowest BCUT2D eigenvalue weighted by Crippen LogP contribution is -2.48. The Labute approximate surface area is 216 Å². The molecule has 8 nitrogen and oxygen atoms in total. The summed E-state index contributed by atoms with van der Waals surface area (Å²) >= 11 is 6.13. The van der Waals surface area contributed by atoms with Crippen LogP contribution in [0.5, 0.6) is 17.2 Å². The average Bonchev–Trinajstić information content (AvgIpc) is 2.88. The Balaban J connectivity index is 1.86. The van der Waals surface area contributed by atoms with E-state index in [4.69, 9.17) is 25.8 Å². The second-order valence-corrected chi connectivity index (χ2v) is 10.1. The van der Waals surface area contributed by atoms with Crippen molar-refractivity contribution in [2.75, 3.05) is 21.3 Å². The van der Waals surface area contributed by atoms with Crippen LogP contribution < -0.4 is 24.2 Å². The maximum Gasteiger partial charge on any atom is 0.241 e. The number of halogens is 1.